The lowest BCUT2D eigenvalue weighted by Gasteiger charge is -2.43. The van der Waals surface area contributed by atoms with Crippen molar-refractivity contribution in [3.8, 4) is 166 Å². The first-order valence-electron chi connectivity index (χ1n) is 33.8. The number of aliphatic hydroxyl groups is 1. The summed E-state index contributed by atoms with van der Waals surface area (Å²) >= 11 is 0. The SMILES string of the molecule is O=C(OC[C@H]1OC(O)[C@H](OC(=O)c2cc(O)c(O)c(O)c2)[C@@H](OC(=O)c2cc(O)c(O)c(O)c2)[C@@H]1OC(=O)c1cc(O)cc(O)c1Oc1cc2c(c(O)c1O)-c1c(cc(O)c(O)c1O)C(=O)O[C@H]1[C@H](OC(=O)c3cc(O)c(O)c(O)c3)[C@@H](OC(=O)c3cc(O)c(O)c(O)c3)[C@H](OC(=O)c3cc(O)c(O)c(O)c3)O[C@@H]1COC2=O)c1cc(O)c(O)c(O)c1. The number of phenolic OH excluding ortho intramolecular Hbond substituents is 25. The maximum atomic E-state index is 15.2. The minimum absolute atomic E-state index is 0.219. The second-order valence-corrected chi connectivity index (χ2v) is 26.1. The predicted octanol–water partition coefficient (Wildman–Crippen LogP) is 3.07. The Morgan fingerprint density at radius 1 is 0.328 bits per heavy atom. The lowest BCUT2D eigenvalue weighted by molar-refractivity contribution is -0.284. The highest BCUT2D eigenvalue weighted by Crippen LogP contribution is 2.56. The molecule has 10 atom stereocenters. The summed E-state index contributed by atoms with van der Waals surface area (Å²) in [4.78, 5) is 131. The van der Waals surface area contributed by atoms with Crippen LogP contribution in [0.1, 0.15) is 93.2 Å². The van der Waals surface area contributed by atoms with Crippen molar-refractivity contribution in [1.29, 1.82) is 0 Å². The molecule has 12 rings (SSSR count). The van der Waals surface area contributed by atoms with Gasteiger partial charge in [0, 0.05) is 23.3 Å². The van der Waals surface area contributed by atoms with E-state index in [2.05, 4.69) is 0 Å². The van der Waals surface area contributed by atoms with E-state index >= 15 is 14.4 Å². The molecule has 1 unspecified atom stereocenters. The molecular formula is C75H56O47. The summed E-state index contributed by atoms with van der Waals surface area (Å²) in [6.07, 6.45) is -27.0. The number of benzene rings is 9. The van der Waals surface area contributed by atoms with E-state index in [9.17, 15) is 162 Å². The fraction of sp³-hybridized carbons (Fsp3) is 0.160. The zero-order chi connectivity index (χ0) is 89.1. The summed E-state index contributed by atoms with van der Waals surface area (Å²) in [6, 6.07) is 6.70. The smallest absolute Gasteiger partial charge is 0.342 e. The van der Waals surface area contributed by atoms with E-state index in [1.54, 1.807) is 0 Å². The molecule has 0 radical (unpaired) electrons. The number of hydrogen-bond acceptors (Lipinski definition) is 47. The molecular weight excluding hydrogens is 1650 g/mol. The van der Waals surface area contributed by atoms with Crippen LogP contribution in [-0.2, 0) is 52.1 Å². The van der Waals surface area contributed by atoms with Crippen LogP contribution in [0.3, 0.4) is 0 Å². The number of fused-ring (bicyclic) bond motifs is 4. The maximum absolute atomic E-state index is 15.2. The number of carbonyl (C=O) groups is 9. The van der Waals surface area contributed by atoms with Crippen molar-refractivity contribution in [2.45, 2.75) is 61.4 Å². The predicted molar refractivity (Wildman–Crippen MR) is 379 cm³/mol. The molecule has 3 aliphatic heterocycles. The number of aliphatic hydroxyl groups excluding tert-OH is 1. The molecule has 0 spiro atoms. The molecule has 0 saturated carbocycles. The fourth-order valence-electron chi connectivity index (χ4n) is 12.2. The highest BCUT2D eigenvalue weighted by atomic mass is 16.8. The number of aromatic hydroxyl groups is 25. The Morgan fingerprint density at radius 2 is 0.680 bits per heavy atom. The summed E-state index contributed by atoms with van der Waals surface area (Å²) in [5, 5.41) is 278. The lowest BCUT2D eigenvalue weighted by Crippen LogP contribution is -2.63. The summed E-state index contributed by atoms with van der Waals surface area (Å²) in [6.45, 7) is -3.03. The van der Waals surface area contributed by atoms with Crippen LogP contribution in [0.4, 0.5) is 0 Å². The van der Waals surface area contributed by atoms with Gasteiger partial charge in [0.15, 0.2) is 175 Å². The van der Waals surface area contributed by atoms with E-state index < -0.39 is 345 Å². The molecule has 47 heteroatoms. The van der Waals surface area contributed by atoms with E-state index in [-0.39, 0.29) is 12.1 Å². The van der Waals surface area contributed by atoms with Gasteiger partial charge in [0.05, 0.1) is 44.5 Å². The van der Waals surface area contributed by atoms with Gasteiger partial charge in [0.2, 0.25) is 23.9 Å². The van der Waals surface area contributed by atoms with Crippen molar-refractivity contribution >= 4 is 53.7 Å². The Labute approximate surface area is 672 Å². The molecule has 2 saturated heterocycles. The van der Waals surface area contributed by atoms with Gasteiger partial charge >= 0.3 is 53.7 Å². The third kappa shape index (κ3) is 16.2. The van der Waals surface area contributed by atoms with Crippen molar-refractivity contribution in [2.24, 2.45) is 0 Å². The van der Waals surface area contributed by atoms with Crippen molar-refractivity contribution in [2.75, 3.05) is 13.2 Å². The molecule has 9 aromatic carbocycles. The maximum Gasteiger partial charge on any atom is 0.342 e. The van der Waals surface area contributed by atoms with Crippen LogP contribution in [0.15, 0.2) is 97.1 Å². The highest BCUT2D eigenvalue weighted by Gasteiger charge is 2.57. The minimum Gasteiger partial charge on any atom is -0.508 e. The average molecular weight is 1710 g/mol. The Bertz CT molecular complexity index is 5750. The number of rotatable bonds is 17. The van der Waals surface area contributed by atoms with E-state index in [0.717, 1.165) is 0 Å². The third-order valence-electron chi connectivity index (χ3n) is 18.1. The number of carbonyl (C=O) groups excluding carboxylic acids is 9. The molecule has 0 amide bonds. The van der Waals surface area contributed by atoms with Gasteiger partial charge in [-0.15, -0.1) is 0 Å². The number of esters is 9. The van der Waals surface area contributed by atoms with Crippen molar-refractivity contribution in [1.82, 2.24) is 0 Å². The first kappa shape index (κ1) is 84.3. The molecule has 0 aliphatic carbocycles. The van der Waals surface area contributed by atoms with Gasteiger partial charge in [-0.05, 0) is 84.9 Å². The largest absolute Gasteiger partial charge is 0.508 e. The molecule has 26 N–H and O–H groups in total. The number of phenols is 25. The number of ether oxygens (including phenoxy) is 12. The quantitative estimate of drug-likeness (QED) is 0.0354. The normalized spacial score (nSPS) is 19.2. The van der Waals surface area contributed by atoms with Gasteiger partial charge in [-0.2, -0.15) is 0 Å². The molecule has 47 nitrogen and oxygen atoms in total. The average Bonchev–Trinajstić information content (AvgIpc) is 1.21. The Morgan fingerprint density at radius 3 is 1.11 bits per heavy atom. The van der Waals surface area contributed by atoms with Crippen molar-refractivity contribution < 1.29 is 233 Å². The summed E-state index contributed by atoms with van der Waals surface area (Å²) in [7, 11) is 0. The van der Waals surface area contributed by atoms with Crippen LogP contribution in [0.2, 0.25) is 0 Å². The van der Waals surface area contributed by atoms with Gasteiger partial charge < -0.3 is 190 Å². The van der Waals surface area contributed by atoms with Crippen molar-refractivity contribution in [3.63, 3.8) is 0 Å². The van der Waals surface area contributed by atoms with Crippen LogP contribution in [0.25, 0.3) is 11.1 Å². The summed E-state index contributed by atoms with van der Waals surface area (Å²) < 4.78 is 67.7. The fourth-order valence-corrected chi connectivity index (χ4v) is 12.2. The summed E-state index contributed by atoms with van der Waals surface area (Å²) in [5.41, 5.74) is -12.5. The highest BCUT2D eigenvalue weighted by molar-refractivity contribution is 6.09. The van der Waals surface area contributed by atoms with Crippen LogP contribution < -0.4 is 4.74 Å². The van der Waals surface area contributed by atoms with E-state index in [0.29, 0.717) is 84.9 Å². The van der Waals surface area contributed by atoms with Gasteiger partial charge in [-0.25, -0.2) is 43.2 Å². The molecule has 638 valence electrons. The van der Waals surface area contributed by atoms with Gasteiger partial charge in [0.25, 0.3) is 0 Å². The monoisotopic (exact) mass is 1710 g/mol. The first-order valence-corrected chi connectivity index (χ1v) is 33.8. The first-order chi connectivity index (χ1) is 57.4. The number of cyclic esters (lactones) is 1. The molecule has 0 bridgehead atoms. The lowest BCUT2D eigenvalue weighted by atomic mass is 9.91. The molecule has 3 heterocycles. The Balaban J connectivity index is 0.974. The van der Waals surface area contributed by atoms with E-state index in [1.165, 1.54) is 0 Å². The molecule has 2 fully saturated rings. The second kappa shape index (κ2) is 32.5. The van der Waals surface area contributed by atoms with Crippen LogP contribution >= 0.6 is 0 Å². The second-order valence-electron chi connectivity index (χ2n) is 26.1. The molecule has 3 aliphatic rings. The van der Waals surface area contributed by atoms with Crippen LogP contribution in [0.5, 0.6) is 155 Å². The van der Waals surface area contributed by atoms with E-state index in [1.807, 2.05) is 0 Å². The van der Waals surface area contributed by atoms with Crippen molar-refractivity contribution in [3.05, 3.63) is 147 Å². The van der Waals surface area contributed by atoms with Gasteiger partial charge in [-0.1, -0.05) is 0 Å². The molecule has 122 heavy (non-hydrogen) atoms. The minimum atomic E-state index is -2.82. The van der Waals surface area contributed by atoms with Gasteiger partial charge in [0.1, 0.15) is 36.7 Å². The Hall–Kier alpha value is -17.1. The molecule has 0 aromatic heterocycles. The standard InChI is InChI=1S/C75H56O47/c76-25-13-28(73(109)117-59-44(17-111-65(101)19-1-29(77)48(91)30(78)2-19)114-74(110)63(120-68(104)22-7-35(83)51(94)36(84)8-22)61(59)118-66(102)20-3-31(79)49(92)32(80)4-20)58(42(90)14-25)113-43-16-27-47(57(100)55(43)98)46-26(15-41(89)54(97)56(46)99)72(108)116-60-45(18-112-71(27)107)115-75(122-70(106)24-11-39(87)53(96)40(88)12-24)64(121-69(105)23-9-37(85)52(95)38(86)10-23)62(60)119-67(103)21-5-33(81)50(93)34(82)6-21/h1-16,44-45,59-64,74-100,110H,17-18H2/t44-,45-,59-,60-,61+,62+,63-,64-,74?,75+/m1/s1. The van der Waals surface area contributed by atoms with E-state index in [4.69, 9.17) is 56.8 Å². The summed E-state index contributed by atoms with van der Waals surface area (Å²) in [5.74, 6) is -52.7. The van der Waals surface area contributed by atoms with Crippen LogP contribution in [-0.4, -0.2) is 261 Å². The van der Waals surface area contributed by atoms with Gasteiger partial charge in [-0.3, -0.25) is 0 Å². The zero-order valence-electron chi connectivity index (χ0n) is 60.1. The number of hydrogen-bond donors (Lipinski definition) is 26. The Kier molecular flexibility index (Phi) is 22.5. The molecule has 9 aromatic rings. The van der Waals surface area contributed by atoms with Crippen LogP contribution in [0, 0.1) is 0 Å². The third-order valence-corrected chi connectivity index (χ3v) is 18.1. The topological polar surface area (TPSA) is 790 Å². The zero-order valence-corrected chi connectivity index (χ0v) is 60.1.